The summed E-state index contributed by atoms with van der Waals surface area (Å²) >= 11 is 9.46. The molecule has 1 aromatic heterocycles. The maximum Gasteiger partial charge on any atom is 0.336 e. The summed E-state index contributed by atoms with van der Waals surface area (Å²) in [5, 5.41) is 3.51. The molecule has 3 aromatic carbocycles. The van der Waals surface area contributed by atoms with Crippen molar-refractivity contribution in [1.29, 1.82) is 0 Å². The van der Waals surface area contributed by atoms with E-state index >= 15 is 0 Å². The van der Waals surface area contributed by atoms with Gasteiger partial charge in [0.25, 0.3) is 5.56 Å². The molecular weight excluding hydrogens is 494 g/mol. The zero-order chi connectivity index (χ0) is 22.8. The number of hydrogen-bond donors (Lipinski definition) is 1. The highest BCUT2D eigenvalue weighted by atomic mass is 79.9. The lowest BCUT2D eigenvalue weighted by molar-refractivity contribution is -0.116. The highest BCUT2D eigenvalue weighted by Crippen LogP contribution is 2.18. The van der Waals surface area contributed by atoms with Crippen molar-refractivity contribution >= 4 is 50.0 Å². The van der Waals surface area contributed by atoms with Crippen molar-refractivity contribution in [3.8, 4) is 5.69 Å². The third-order valence-corrected chi connectivity index (χ3v) is 5.85. The fourth-order valence-corrected chi connectivity index (χ4v) is 4.06. The molecule has 4 rings (SSSR count). The Kier molecular flexibility index (Phi) is 6.30. The lowest BCUT2D eigenvalue weighted by atomic mass is 10.1. The first-order valence-electron chi connectivity index (χ1n) is 9.97. The maximum atomic E-state index is 13.4. The van der Waals surface area contributed by atoms with E-state index in [1.807, 2.05) is 24.3 Å². The minimum Gasteiger partial charge on any atom is -0.325 e. The van der Waals surface area contributed by atoms with Crippen LogP contribution in [0.2, 0.25) is 5.02 Å². The molecule has 0 atom stereocenters. The van der Waals surface area contributed by atoms with Gasteiger partial charge in [0.15, 0.2) is 0 Å². The molecule has 0 fully saturated rings. The molecule has 0 radical (unpaired) electrons. The van der Waals surface area contributed by atoms with Crippen LogP contribution >= 0.6 is 27.5 Å². The van der Waals surface area contributed by atoms with Gasteiger partial charge in [-0.2, -0.15) is 0 Å². The van der Waals surface area contributed by atoms with E-state index in [0.717, 1.165) is 16.6 Å². The van der Waals surface area contributed by atoms with Crippen molar-refractivity contribution in [2.45, 2.75) is 19.9 Å². The topological polar surface area (TPSA) is 73.1 Å². The number of benzene rings is 3. The van der Waals surface area contributed by atoms with Gasteiger partial charge in [0.05, 0.1) is 16.6 Å². The predicted octanol–water partition coefficient (Wildman–Crippen LogP) is 4.77. The van der Waals surface area contributed by atoms with E-state index in [-0.39, 0.29) is 12.5 Å². The number of halogens is 2. The van der Waals surface area contributed by atoms with Gasteiger partial charge in [-0.25, -0.2) is 9.36 Å². The fourth-order valence-electron chi connectivity index (χ4n) is 3.51. The second kappa shape index (κ2) is 9.14. The summed E-state index contributed by atoms with van der Waals surface area (Å²) in [7, 11) is 0. The highest BCUT2D eigenvalue weighted by molar-refractivity contribution is 9.10. The molecule has 0 aliphatic heterocycles. The van der Waals surface area contributed by atoms with Crippen LogP contribution in [0, 0.1) is 0 Å². The first-order valence-corrected chi connectivity index (χ1v) is 11.1. The monoisotopic (exact) mass is 511 g/mol. The molecule has 8 heteroatoms. The van der Waals surface area contributed by atoms with Crippen molar-refractivity contribution in [3.05, 3.63) is 103 Å². The smallest absolute Gasteiger partial charge is 0.325 e. The molecule has 0 bridgehead atoms. The van der Waals surface area contributed by atoms with E-state index in [9.17, 15) is 14.4 Å². The number of amides is 1. The van der Waals surface area contributed by atoms with Gasteiger partial charge in [-0.3, -0.25) is 14.2 Å². The van der Waals surface area contributed by atoms with Crippen LogP contribution in [0.15, 0.2) is 80.8 Å². The van der Waals surface area contributed by atoms with Crippen LogP contribution in [-0.4, -0.2) is 15.0 Å². The van der Waals surface area contributed by atoms with E-state index < -0.39 is 11.2 Å². The third kappa shape index (κ3) is 4.40. The fraction of sp³-hybridized carbons (Fsp3) is 0.125. The van der Waals surface area contributed by atoms with E-state index in [0.29, 0.717) is 31.8 Å². The summed E-state index contributed by atoms with van der Waals surface area (Å²) in [6.07, 6.45) is 0.899. The number of carbonyl (C=O) groups is 1. The Bertz CT molecular complexity index is 1440. The largest absolute Gasteiger partial charge is 0.336 e. The number of hydrogen-bond acceptors (Lipinski definition) is 3. The van der Waals surface area contributed by atoms with Crippen molar-refractivity contribution in [3.63, 3.8) is 0 Å². The van der Waals surface area contributed by atoms with Gasteiger partial charge in [0.2, 0.25) is 5.91 Å². The van der Waals surface area contributed by atoms with Gasteiger partial charge >= 0.3 is 5.69 Å². The average molecular weight is 513 g/mol. The molecule has 0 saturated heterocycles. The number of nitrogens with one attached hydrogen (secondary N) is 1. The summed E-state index contributed by atoms with van der Waals surface area (Å²) < 4.78 is 3.01. The second-order valence-corrected chi connectivity index (χ2v) is 8.60. The lowest BCUT2D eigenvalue weighted by Gasteiger charge is -2.15. The highest BCUT2D eigenvalue weighted by Gasteiger charge is 2.17. The van der Waals surface area contributed by atoms with Crippen molar-refractivity contribution in [2.24, 2.45) is 0 Å². The van der Waals surface area contributed by atoms with Crippen molar-refractivity contribution in [1.82, 2.24) is 9.13 Å². The number of rotatable bonds is 5. The molecule has 32 heavy (non-hydrogen) atoms. The van der Waals surface area contributed by atoms with E-state index in [1.54, 1.807) is 36.4 Å². The van der Waals surface area contributed by atoms with Crippen LogP contribution in [0.4, 0.5) is 5.69 Å². The first kappa shape index (κ1) is 22.0. The van der Waals surface area contributed by atoms with E-state index in [4.69, 9.17) is 11.6 Å². The van der Waals surface area contributed by atoms with Crippen LogP contribution in [0.1, 0.15) is 12.5 Å². The van der Waals surface area contributed by atoms with Crippen LogP contribution < -0.4 is 16.6 Å². The Labute approximate surface area is 197 Å². The zero-order valence-corrected chi connectivity index (χ0v) is 19.5. The first-order chi connectivity index (χ1) is 15.4. The summed E-state index contributed by atoms with van der Waals surface area (Å²) in [5.41, 5.74) is 1.39. The summed E-state index contributed by atoms with van der Waals surface area (Å²) in [5.74, 6) is -0.378. The van der Waals surface area contributed by atoms with Crippen LogP contribution in [0.5, 0.6) is 0 Å². The molecule has 0 unspecified atom stereocenters. The molecule has 1 N–H and O–H groups in total. The molecular formula is C24H19BrClN3O3. The minimum atomic E-state index is -0.622. The summed E-state index contributed by atoms with van der Waals surface area (Å²) in [4.78, 5) is 39.3. The Morgan fingerprint density at radius 1 is 1.03 bits per heavy atom. The van der Waals surface area contributed by atoms with E-state index in [1.165, 1.54) is 10.6 Å². The predicted molar refractivity (Wildman–Crippen MR) is 131 cm³/mol. The average Bonchev–Trinajstić information content (AvgIpc) is 2.77. The lowest BCUT2D eigenvalue weighted by Crippen LogP contribution is -2.40. The molecule has 162 valence electrons. The molecule has 1 heterocycles. The maximum absolute atomic E-state index is 13.4. The van der Waals surface area contributed by atoms with Crippen LogP contribution in [0.3, 0.4) is 0 Å². The SMILES string of the molecule is CCc1ccc(NC(=O)Cn2c(=O)n(-c3cccc(Cl)c3)c(=O)c3cc(Br)ccc32)cc1. The van der Waals surface area contributed by atoms with Crippen LogP contribution in [-0.2, 0) is 17.8 Å². The number of carbonyl (C=O) groups excluding carboxylic acids is 1. The Morgan fingerprint density at radius 2 is 1.78 bits per heavy atom. The van der Waals surface area contributed by atoms with Gasteiger partial charge in [-0.1, -0.05) is 52.7 Å². The summed E-state index contributed by atoms with van der Waals surface area (Å²) in [6.45, 7) is 1.80. The Hall–Kier alpha value is -3.16. The number of aryl methyl sites for hydroxylation is 1. The number of fused-ring (bicyclic) bond motifs is 1. The molecule has 4 aromatic rings. The van der Waals surface area contributed by atoms with Gasteiger partial charge in [0.1, 0.15) is 6.54 Å². The number of aromatic nitrogens is 2. The van der Waals surface area contributed by atoms with E-state index in [2.05, 4.69) is 28.2 Å². The van der Waals surface area contributed by atoms with Gasteiger partial charge in [0, 0.05) is 15.2 Å². The summed E-state index contributed by atoms with van der Waals surface area (Å²) in [6, 6.07) is 19.0. The Morgan fingerprint density at radius 3 is 2.47 bits per heavy atom. The molecule has 0 saturated carbocycles. The number of nitrogens with zero attached hydrogens (tertiary/aromatic N) is 2. The normalized spacial score (nSPS) is 11.0. The van der Waals surface area contributed by atoms with Gasteiger partial charge < -0.3 is 5.32 Å². The quantitative estimate of drug-likeness (QED) is 0.419. The Balaban J connectivity index is 1.81. The van der Waals surface area contributed by atoms with Gasteiger partial charge in [-0.05, 0) is 60.5 Å². The standard InChI is InChI=1S/C24H19BrClN3O3/c1-2-15-6-9-18(10-7-15)27-22(30)14-28-21-11-8-16(25)12-20(21)23(31)29(24(28)32)19-5-3-4-17(26)13-19/h3-13H,2,14H2,1H3,(H,27,30). The third-order valence-electron chi connectivity index (χ3n) is 5.12. The zero-order valence-electron chi connectivity index (χ0n) is 17.1. The van der Waals surface area contributed by atoms with Crippen LogP contribution in [0.25, 0.3) is 16.6 Å². The minimum absolute atomic E-state index is 0.257. The molecule has 0 spiro atoms. The second-order valence-electron chi connectivity index (χ2n) is 7.25. The molecule has 0 aliphatic carbocycles. The molecule has 1 amide bonds. The number of anilines is 1. The van der Waals surface area contributed by atoms with Crippen molar-refractivity contribution in [2.75, 3.05) is 5.32 Å². The molecule has 6 nitrogen and oxygen atoms in total. The van der Waals surface area contributed by atoms with Gasteiger partial charge in [-0.15, -0.1) is 0 Å². The molecule has 0 aliphatic rings. The van der Waals surface area contributed by atoms with Crippen molar-refractivity contribution < 1.29 is 4.79 Å².